The van der Waals surface area contributed by atoms with Crippen LogP contribution in [0.2, 0.25) is 0 Å². The van der Waals surface area contributed by atoms with Crippen molar-refractivity contribution in [3.05, 3.63) is 35.4 Å². The minimum absolute atomic E-state index is 0.0447. The number of nitrogens with one attached hydrogen (secondary N) is 1. The summed E-state index contributed by atoms with van der Waals surface area (Å²) in [4.78, 5) is 2.33. The van der Waals surface area contributed by atoms with E-state index in [2.05, 4.69) is 4.72 Å². The van der Waals surface area contributed by atoms with Gasteiger partial charge in [0.15, 0.2) is 0 Å². The first kappa shape index (κ1) is 18.0. The second kappa shape index (κ2) is 7.84. The van der Waals surface area contributed by atoms with E-state index in [4.69, 9.17) is 18.0 Å². The van der Waals surface area contributed by atoms with E-state index >= 15 is 0 Å². The van der Waals surface area contributed by atoms with Crippen LogP contribution in [0, 0.1) is 0 Å². The van der Waals surface area contributed by atoms with Crippen molar-refractivity contribution in [3.8, 4) is 0 Å². The fourth-order valence-corrected chi connectivity index (χ4v) is 3.43. The lowest BCUT2D eigenvalue weighted by Crippen LogP contribution is -2.35. The Labute approximate surface area is 132 Å². The van der Waals surface area contributed by atoms with Crippen LogP contribution in [0.1, 0.15) is 24.5 Å². The van der Waals surface area contributed by atoms with Crippen LogP contribution in [0.3, 0.4) is 0 Å². The molecule has 0 aliphatic rings. The van der Waals surface area contributed by atoms with Crippen LogP contribution < -0.4 is 10.5 Å². The third-order valence-electron chi connectivity index (χ3n) is 2.99. The molecule has 0 aliphatic carbocycles. The smallest absolute Gasteiger partial charge is 0.216 e. The molecule has 0 heterocycles. The van der Waals surface area contributed by atoms with Gasteiger partial charge in [-0.2, -0.15) is 0 Å². The molecule has 0 bridgehead atoms. The van der Waals surface area contributed by atoms with Crippen LogP contribution in [0.25, 0.3) is 0 Å². The molecular formula is C14H23N3O2S2. The molecular weight excluding hydrogens is 306 g/mol. The summed E-state index contributed by atoms with van der Waals surface area (Å²) in [5, 5.41) is 0. The first-order valence-electron chi connectivity index (χ1n) is 6.73. The van der Waals surface area contributed by atoms with E-state index in [1.165, 1.54) is 0 Å². The molecule has 118 valence electrons. The van der Waals surface area contributed by atoms with Gasteiger partial charge in [-0.25, -0.2) is 13.1 Å². The van der Waals surface area contributed by atoms with Crippen molar-refractivity contribution in [3.63, 3.8) is 0 Å². The van der Waals surface area contributed by atoms with Crippen molar-refractivity contribution in [1.82, 2.24) is 9.62 Å². The predicted molar refractivity (Wildman–Crippen MR) is 90.7 cm³/mol. The fraction of sp³-hybridized carbons (Fsp3) is 0.500. The van der Waals surface area contributed by atoms with Gasteiger partial charge in [-0.1, -0.05) is 36.5 Å². The first-order valence-corrected chi connectivity index (χ1v) is 8.79. The molecule has 0 saturated carbocycles. The lowest BCUT2D eigenvalue weighted by Gasteiger charge is -2.17. The van der Waals surface area contributed by atoms with E-state index in [0.29, 0.717) is 10.6 Å². The quantitative estimate of drug-likeness (QED) is 0.698. The Morgan fingerprint density at radius 1 is 1.33 bits per heavy atom. The van der Waals surface area contributed by atoms with Gasteiger partial charge in [0, 0.05) is 11.6 Å². The summed E-state index contributed by atoms with van der Waals surface area (Å²) in [6.07, 6.45) is 0.770. The molecule has 3 N–H and O–H groups in total. The fourth-order valence-electron chi connectivity index (χ4n) is 1.84. The van der Waals surface area contributed by atoms with Crippen LogP contribution in [-0.4, -0.2) is 45.0 Å². The van der Waals surface area contributed by atoms with Gasteiger partial charge < -0.3 is 10.6 Å². The van der Waals surface area contributed by atoms with Crippen molar-refractivity contribution >= 4 is 27.2 Å². The molecule has 1 aromatic carbocycles. The average molecular weight is 329 g/mol. The molecule has 0 aliphatic heterocycles. The highest BCUT2D eigenvalue weighted by molar-refractivity contribution is 7.88. The average Bonchev–Trinajstić information content (AvgIpc) is 2.35. The van der Waals surface area contributed by atoms with Crippen LogP contribution in [0.4, 0.5) is 0 Å². The molecule has 0 radical (unpaired) electrons. The topological polar surface area (TPSA) is 75.4 Å². The molecule has 0 aromatic heterocycles. The first-order chi connectivity index (χ1) is 9.69. The maximum atomic E-state index is 12.1. The maximum absolute atomic E-state index is 12.1. The Morgan fingerprint density at radius 3 is 2.38 bits per heavy atom. The van der Waals surface area contributed by atoms with E-state index in [1.54, 1.807) is 24.3 Å². The Balaban J connectivity index is 2.61. The molecule has 7 heteroatoms. The Hall–Kier alpha value is -1.02. The number of nitrogens with two attached hydrogens (primary N) is 1. The maximum Gasteiger partial charge on any atom is 0.216 e. The lowest BCUT2D eigenvalue weighted by molar-refractivity contribution is 0.379. The highest BCUT2D eigenvalue weighted by atomic mass is 32.2. The summed E-state index contributed by atoms with van der Waals surface area (Å²) in [6, 6.07) is 6.86. The van der Waals surface area contributed by atoms with Crippen LogP contribution in [-0.2, 0) is 15.8 Å². The third-order valence-corrected chi connectivity index (χ3v) is 4.70. The molecule has 1 atom stereocenters. The zero-order chi connectivity index (χ0) is 16.0. The van der Waals surface area contributed by atoms with Gasteiger partial charge in [0.25, 0.3) is 0 Å². The second-order valence-corrected chi connectivity index (χ2v) is 7.62. The molecule has 0 saturated heterocycles. The summed E-state index contributed by atoms with van der Waals surface area (Å²) in [6.45, 7) is 2.71. The Bertz CT molecular complexity index is 568. The van der Waals surface area contributed by atoms with E-state index in [1.807, 2.05) is 25.9 Å². The molecule has 1 rings (SSSR count). The zero-order valence-electron chi connectivity index (χ0n) is 12.7. The number of thiocarbonyl (C=S) groups is 1. The van der Waals surface area contributed by atoms with Crippen LogP contribution in [0.5, 0.6) is 0 Å². The predicted octanol–water partition coefficient (Wildman–Crippen LogP) is 1.08. The number of benzene rings is 1. The highest BCUT2D eigenvalue weighted by Gasteiger charge is 2.15. The molecule has 0 fully saturated rings. The number of sulfonamides is 1. The van der Waals surface area contributed by atoms with Crippen molar-refractivity contribution in [2.45, 2.75) is 25.1 Å². The standard InChI is InChI=1S/C14H23N3O2S2/c1-11(8-9-17(2)3)16-21(18,19)10-12-4-6-13(7-5-12)14(15)20/h4-7,11,16H,8-10H2,1-3H3,(H2,15,20). The van der Waals surface area contributed by atoms with Gasteiger partial charge >= 0.3 is 0 Å². The molecule has 5 nitrogen and oxygen atoms in total. The Morgan fingerprint density at radius 2 is 1.90 bits per heavy atom. The number of nitrogens with zero attached hydrogens (tertiary/aromatic N) is 1. The van der Waals surface area contributed by atoms with E-state index in [0.717, 1.165) is 18.5 Å². The zero-order valence-corrected chi connectivity index (χ0v) is 14.3. The molecule has 21 heavy (non-hydrogen) atoms. The summed E-state index contributed by atoms with van der Waals surface area (Å²) >= 11 is 4.87. The van der Waals surface area contributed by atoms with E-state index < -0.39 is 10.0 Å². The van der Waals surface area contributed by atoms with Crippen LogP contribution in [0.15, 0.2) is 24.3 Å². The van der Waals surface area contributed by atoms with Gasteiger partial charge in [-0.3, -0.25) is 0 Å². The van der Waals surface area contributed by atoms with Gasteiger partial charge in [-0.05, 0) is 39.5 Å². The number of rotatable bonds is 8. The molecule has 0 amide bonds. The molecule has 1 aromatic rings. The molecule has 1 unspecified atom stereocenters. The van der Waals surface area contributed by atoms with Crippen molar-refractivity contribution in [2.75, 3.05) is 20.6 Å². The summed E-state index contributed by atoms with van der Waals surface area (Å²) in [5.74, 6) is -0.0447. The van der Waals surface area contributed by atoms with Crippen molar-refractivity contribution in [2.24, 2.45) is 5.73 Å². The molecule has 0 spiro atoms. The van der Waals surface area contributed by atoms with E-state index in [9.17, 15) is 8.42 Å². The second-order valence-electron chi connectivity index (χ2n) is 5.43. The summed E-state index contributed by atoms with van der Waals surface area (Å²) in [7, 11) is 0.578. The highest BCUT2D eigenvalue weighted by Crippen LogP contribution is 2.09. The normalized spacial score (nSPS) is 13.3. The third kappa shape index (κ3) is 6.99. The van der Waals surface area contributed by atoms with Crippen molar-refractivity contribution < 1.29 is 8.42 Å². The SMILES string of the molecule is CC(CCN(C)C)NS(=O)(=O)Cc1ccc(C(N)=S)cc1. The van der Waals surface area contributed by atoms with Crippen LogP contribution >= 0.6 is 12.2 Å². The number of hydrogen-bond acceptors (Lipinski definition) is 4. The van der Waals surface area contributed by atoms with Gasteiger partial charge in [0.05, 0.1) is 5.75 Å². The Kier molecular flexibility index (Phi) is 6.73. The summed E-state index contributed by atoms with van der Waals surface area (Å²) in [5.41, 5.74) is 6.96. The minimum atomic E-state index is -3.35. The monoisotopic (exact) mass is 329 g/mol. The minimum Gasteiger partial charge on any atom is -0.389 e. The number of hydrogen-bond donors (Lipinski definition) is 2. The van der Waals surface area contributed by atoms with Gasteiger partial charge in [0.2, 0.25) is 10.0 Å². The lowest BCUT2D eigenvalue weighted by atomic mass is 10.1. The van der Waals surface area contributed by atoms with Gasteiger partial charge in [0.1, 0.15) is 4.99 Å². The summed E-state index contributed by atoms with van der Waals surface area (Å²) < 4.78 is 26.9. The largest absolute Gasteiger partial charge is 0.389 e. The van der Waals surface area contributed by atoms with Gasteiger partial charge in [-0.15, -0.1) is 0 Å². The van der Waals surface area contributed by atoms with Crippen molar-refractivity contribution in [1.29, 1.82) is 0 Å². The van der Waals surface area contributed by atoms with E-state index in [-0.39, 0.29) is 11.8 Å².